The van der Waals surface area contributed by atoms with Crippen LogP contribution < -0.4 is 15.4 Å². The fourth-order valence-corrected chi connectivity index (χ4v) is 3.08. The summed E-state index contributed by atoms with van der Waals surface area (Å²) in [6, 6.07) is 12.1. The summed E-state index contributed by atoms with van der Waals surface area (Å²) in [5.74, 6) is 2.34. The van der Waals surface area contributed by atoms with Gasteiger partial charge in [-0.25, -0.2) is 0 Å². The highest BCUT2D eigenvalue weighted by Crippen LogP contribution is 2.23. The molecule has 0 atom stereocenters. The van der Waals surface area contributed by atoms with Gasteiger partial charge in [-0.1, -0.05) is 12.1 Å². The van der Waals surface area contributed by atoms with E-state index in [1.807, 2.05) is 49.5 Å². The second-order valence-electron chi connectivity index (χ2n) is 7.38. The van der Waals surface area contributed by atoms with Gasteiger partial charge in [0.25, 0.3) is 5.91 Å². The van der Waals surface area contributed by atoms with Crippen molar-refractivity contribution >= 4 is 5.91 Å². The number of hydrogen-bond acceptors (Lipinski definition) is 5. The number of nitrogens with one attached hydrogen (secondary N) is 3. The van der Waals surface area contributed by atoms with Crippen LogP contribution in [0.1, 0.15) is 29.7 Å². The van der Waals surface area contributed by atoms with Crippen molar-refractivity contribution in [3.63, 3.8) is 0 Å². The molecule has 7 nitrogen and oxygen atoms in total. The number of H-pyrrole nitrogens is 1. The number of carbonyl (C=O) groups is 1. The summed E-state index contributed by atoms with van der Waals surface area (Å²) in [6.45, 7) is 3.55. The molecule has 4 rings (SSSR count). The third-order valence-electron chi connectivity index (χ3n) is 4.85. The highest BCUT2D eigenvalue weighted by molar-refractivity contribution is 5.78. The predicted molar refractivity (Wildman–Crippen MR) is 110 cm³/mol. The van der Waals surface area contributed by atoms with Crippen LogP contribution in [0.15, 0.2) is 47.0 Å². The first-order valence-corrected chi connectivity index (χ1v) is 9.98. The molecule has 0 aliphatic heterocycles. The number of aromatic amines is 1. The van der Waals surface area contributed by atoms with Crippen LogP contribution in [0.3, 0.4) is 0 Å². The molecule has 2 heterocycles. The van der Waals surface area contributed by atoms with Crippen LogP contribution in [-0.2, 0) is 17.8 Å². The molecule has 29 heavy (non-hydrogen) atoms. The van der Waals surface area contributed by atoms with Crippen molar-refractivity contribution in [2.45, 2.75) is 38.8 Å². The van der Waals surface area contributed by atoms with E-state index in [1.54, 1.807) is 0 Å². The lowest BCUT2D eigenvalue weighted by molar-refractivity contribution is -0.123. The molecule has 3 N–H and O–H groups in total. The maximum absolute atomic E-state index is 11.7. The number of amides is 1. The molecule has 1 aromatic carbocycles. The van der Waals surface area contributed by atoms with Crippen molar-refractivity contribution in [1.29, 1.82) is 0 Å². The van der Waals surface area contributed by atoms with Crippen LogP contribution in [-0.4, -0.2) is 35.3 Å². The number of ether oxygens (including phenoxy) is 1. The third-order valence-corrected chi connectivity index (χ3v) is 4.85. The van der Waals surface area contributed by atoms with Crippen LogP contribution in [0.4, 0.5) is 0 Å². The third kappa shape index (κ3) is 5.48. The van der Waals surface area contributed by atoms with Crippen molar-refractivity contribution < 1.29 is 13.9 Å². The lowest BCUT2D eigenvalue weighted by Gasteiger charge is -2.08. The molecule has 1 amide bonds. The van der Waals surface area contributed by atoms with Gasteiger partial charge < -0.3 is 19.8 Å². The normalized spacial score (nSPS) is 13.4. The van der Waals surface area contributed by atoms with Crippen LogP contribution in [0.5, 0.6) is 5.75 Å². The molecule has 7 heteroatoms. The first-order chi connectivity index (χ1) is 14.2. The molecule has 3 aromatic rings. The number of rotatable bonds is 10. The van der Waals surface area contributed by atoms with Crippen molar-refractivity contribution in [1.82, 2.24) is 20.8 Å². The smallest absolute Gasteiger partial charge is 0.258 e. The molecule has 0 saturated heterocycles. The Bertz CT molecular complexity index is 941. The molecule has 0 bridgehead atoms. The predicted octanol–water partition coefficient (Wildman–Crippen LogP) is 2.97. The molecule has 1 aliphatic carbocycles. The highest BCUT2D eigenvalue weighted by atomic mass is 16.5. The van der Waals surface area contributed by atoms with E-state index in [0.717, 1.165) is 48.6 Å². The summed E-state index contributed by atoms with van der Waals surface area (Å²) in [5.41, 5.74) is 3.20. The minimum Gasteiger partial charge on any atom is -0.484 e. The topological polar surface area (TPSA) is 92.2 Å². The minimum absolute atomic E-state index is 0.0518. The van der Waals surface area contributed by atoms with Crippen LogP contribution in [0, 0.1) is 6.92 Å². The Balaban J connectivity index is 1.19. The van der Waals surface area contributed by atoms with Gasteiger partial charge in [0.15, 0.2) is 12.4 Å². The molecular formula is C22H26N4O3. The number of benzene rings is 1. The van der Waals surface area contributed by atoms with E-state index in [-0.39, 0.29) is 12.5 Å². The Morgan fingerprint density at radius 2 is 2.07 bits per heavy atom. The molecule has 1 saturated carbocycles. The summed E-state index contributed by atoms with van der Waals surface area (Å²) in [7, 11) is 0. The summed E-state index contributed by atoms with van der Waals surface area (Å²) in [5, 5.41) is 13.5. The Morgan fingerprint density at radius 3 is 2.79 bits per heavy atom. The van der Waals surface area contributed by atoms with Gasteiger partial charge >= 0.3 is 0 Å². The standard InChI is InChI=1S/C22H26N4O3/c1-15-2-9-20(29-15)22-17(13-24-26-22)12-23-11-10-16-3-7-19(8-4-16)28-14-21(27)25-18-5-6-18/h2-4,7-9,13,18,23H,5-6,10-12,14H2,1H3,(H,24,26)(H,25,27). The first kappa shape index (κ1) is 19.3. The molecular weight excluding hydrogens is 368 g/mol. The van der Waals surface area contributed by atoms with E-state index in [0.29, 0.717) is 18.3 Å². The van der Waals surface area contributed by atoms with Crippen LogP contribution in [0.2, 0.25) is 0 Å². The van der Waals surface area contributed by atoms with Gasteiger partial charge in [0.1, 0.15) is 17.2 Å². The SMILES string of the molecule is Cc1ccc(-c2[nH]ncc2CNCCc2ccc(OCC(=O)NC3CC3)cc2)o1. The fraction of sp³-hybridized carbons (Fsp3) is 0.364. The Kier molecular flexibility index (Phi) is 5.95. The second-order valence-corrected chi connectivity index (χ2v) is 7.38. The van der Waals surface area contributed by atoms with E-state index in [1.165, 1.54) is 5.56 Å². The quantitative estimate of drug-likeness (QED) is 0.460. The first-order valence-electron chi connectivity index (χ1n) is 9.98. The summed E-state index contributed by atoms with van der Waals surface area (Å²) < 4.78 is 11.2. The molecule has 0 unspecified atom stereocenters. The lowest BCUT2D eigenvalue weighted by Crippen LogP contribution is -2.30. The Hall–Kier alpha value is -3.06. The summed E-state index contributed by atoms with van der Waals surface area (Å²) in [6.07, 6.45) is 4.89. The van der Waals surface area contributed by atoms with Gasteiger partial charge in [0.2, 0.25) is 0 Å². The van der Waals surface area contributed by atoms with Crippen molar-refractivity contribution in [2.75, 3.05) is 13.2 Å². The molecule has 1 aliphatic rings. The zero-order chi connectivity index (χ0) is 20.1. The largest absolute Gasteiger partial charge is 0.484 e. The molecule has 152 valence electrons. The number of aromatic nitrogens is 2. The average Bonchev–Trinajstić information content (AvgIpc) is 3.23. The summed E-state index contributed by atoms with van der Waals surface area (Å²) in [4.78, 5) is 11.7. The highest BCUT2D eigenvalue weighted by Gasteiger charge is 2.23. The second kappa shape index (κ2) is 8.96. The van der Waals surface area contributed by atoms with E-state index in [2.05, 4.69) is 20.8 Å². The van der Waals surface area contributed by atoms with Crippen molar-refractivity contribution in [2.24, 2.45) is 0 Å². The van der Waals surface area contributed by atoms with Gasteiger partial charge in [-0.15, -0.1) is 0 Å². The summed E-state index contributed by atoms with van der Waals surface area (Å²) >= 11 is 0. The number of furan rings is 1. The zero-order valence-corrected chi connectivity index (χ0v) is 16.5. The van der Waals surface area contributed by atoms with Crippen LogP contribution in [0.25, 0.3) is 11.5 Å². The number of hydrogen-bond donors (Lipinski definition) is 3. The van der Waals surface area contributed by atoms with Crippen molar-refractivity contribution in [3.8, 4) is 17.2 Å². The van der Waals surface area contributed by atoms with Gasteiger partial charge in [0, 0.05) is 18.2 Å². The lowest BCUT2D eigenvalue weighted by atomic mass is 10.1. The maximum atomic E-state index is 11.7. The van der Waals surface area contributed by atoms with E-state index < -0.39 is 0 Å². The van der Waals surface area contributed by atoms with Crippen molar-refractivity contribution in [3.05, 3.63) is 59.5 Å². The van der Waals surface area contributed by atoms with Gasteiger partial charge in [-0.3, -0.25) is 9.89 Å². The Labute approximate surface area is 169 Å². The molecule has 2 aromatic heterocycles. The number of nitrogens with zero attached hydrogens (tertiary/aromatic N) is 1. The number of aryl methyl sites for hydroxylation is 1. The monoisotopic (exact) mass is 394 g/mol. The zero-order valence-electron chi connectivity index (χ0n) is 16.5. The maximum Gasteiger partial charge on any atom is 0.258 e. The van der Waals surface area contributed by atoms with E-state index in [9.17, 15) is 4.79 Å². The molecule has 0 radical (unpaired) electrons. The molecule has 0 spiro atoms. The average molecular weight is 394 g/mol. The molecule has 1 fully saturated rings. The van der Waals surface area contributed by atoms with Gasteiger partial charge in [-0.05, 0) is 62.6 Å². The van der Waals surface area contributed by atoms with E-state index >= 15 is 0 Å². The van der Waals surface area contributed by atoms with Gasteiger partial charge in [0.05, 0.1) is 6.20 Å². The number of carbonyl (C=O) groups excluding carboxylic acids is 1. The van der Waals surface area contributed by atoms with E-state index in [4.69, 9.17) is 9.15 Å². The van der Waals surface area contributed by atoms with Crippen LogP contribution >= 0.6 is 0 Å². The van der Waals surface area contributed by atoms with Gasteiger partial charge in [-0.2, -0.15) is 5.10 Å². The minimum atomic E-state index is -0.0518. The Morgan fingerprint density at radius 1 is 1.24 bits per heavy atom. The fourth-order valence-electron chi connectivity index (χ4n) is 3.08.